The highest BCUT2D eigenvalue weighted by Gasteiger charge is 2.05. The van der Waals surface area contributed by atoms with Gasteiger partial charge >= 0.3 is 0 Å². The van der Waals surface area contributed by atoms with Crippen LogP contribution in [0.2, 0.25) is 0 Å². The molecular weight excluding hydrogens is 308 g/mol. The van der Waals surface area contributed by atoms with Crippen LogP contribution in [0.4, 0.5) is 0 Å². The summed E-state index contributed by atoms with van der Waals surface area (Å²) in [5, 5.41) is 5.33. The number of ether oxygens (including phenoxy) is 1. The summed E-state index contributed by atoms with van der Waals surface area (Å²) in [6.45, 7) is 0.620. The van der Waals surface area contributed by atoms with Gasteiger partial charge in [-0.1, -0.05) is 12.1 Å². The molecule has 7 heteroatoms. The maximum absolute atomic E-state index is 11.7. The highest BCUT2D eigenvalue weighted by Crippen LogP contribution is 2.12. The molecule has 0 aliphatic heterocycles. The van der Waals surface area contributed by atoms with Crippen molar-refractivity contribution in [2.24, 2.45) is 0 Å². The van der Waals surface area contributed by atoms with Crippen molar-refractivity contribution in [3.63, 3.8) is 0 Å². The van der Waals surface area contributed by atoms with E-state index in [9.17, 15) is 9.59 Å². The fourth-order valence-electron chi connectivity index (χ4n) is 1.81. The van der Waals surface area contributed by atoms with Gasteiger partial charge in [-0.15, -0.1) is 0 Å². The minimum atomic E-state index is -0.328. The third-order valence-electron chi connectivity index (χ3n) is 3.05. The molecule has 0 aliphatic rings. The van der Waals surface area contributed by atoms with Crippen LogP contribution in [0.1, 0.15) is 16.1 Å². The SMILES string of the molecule is COc1ccc(C=CC(=O)NCCNC(=O)c2cnccn2)cc1. The van der Waals surface area contributed by atoms with E-state index in [1.807, 2.05) is 24.3 Å². The second-order valence-electron chi connectivity index (χ2n) is 4.74. The van der Waals surface area contributed by atoms with Gasteiger partial charge in [0.1, 0.15) is 11.4 Å². The molecule has 7 nitrogen and oxygen atoms in total. The molecule has 0 saturated carbocycles. The zero-order valence-electron chi connectivity index (χ0n) is 13.2. The average molecular weight is 326 g/mol. The molecule has 2 rings (SSSR count). The van der Waals surface area contributed by atoms with Crippen molar-refractivity contribution in [3.8, 4) is 5.75 Å². The van der Waals surface area contributed by atoms with Crippen LogP contribution in [0, 0.1) is 0 Å². The summed E-state index contributed by atoms with van der Waals surface area (Å²) in [4.78, 5) is 31.1. The molecule has 124 valence electrons. The predicted octanol–water partition coefficient (Wildman–Crippen LogP) is 1.04. The number of benzene rings is 1. The summed E-state index contributed by atoms with van der Waals surface area (Å²) >= 11 is 0. The lowest BCUT2D eigenvalue weighted by molar-refractivity contribution is -0.116. The summed E-state index contributed by atoms with van der Waals surface area (Å²) in [5.41, 5.74) is 1.13. The number of hydrogen-bond acceptors (Lipinski definition) is 5. The molecule has 2 amide bonds. The number of carbonyl (C=O) groups excluding carboxylic acids is 2. The summed E-state index contributed by atoms with van der Waals surface area (Å²) < 4.78 is 5.07. The number of methoxy groups -OCH3 is 1. The lowest BCUT2D eigenvalue weighted by Gasteiger charge is -2.05. The predicted molar refractivity (Wildman–Crippen MR) is 89.4 cm³/mol. The molecule has 0 saturated heterocycles. The van der Waals surface area contributed by atoms with Crippen molar-refractivity contribution in [2.45, 2.75) is 0 Å². The van der Waals surface area contributed by atoms with E-state index in [4.69, 9.17) is 4.74 Å². The van der Waals surface area contributed by atoms with Gasteiger partial charge in [-0.2, -0.15) is 0 Å². The molecule has 24 heavy (non-hydrogen) atoms. The van der Waals surface area contributed by atoms with Gasteiger partial charge in [0.05, 0.1) is 13.3 Å². The Morgan fingerprint density at radius 2 is 1.88 bits per heavy atom. The summed E-state index contributed by atoms with van der Waals surface area (Å²) in [5.74, 6) is 0.196. The Balaban J connectivity index is 1.69. The van der Waals surface area contributed by atoms with Crippen LogP contribution in [-0.2, 0) is 4.79 Å². The van der Waals surface area contributed by atoms with Gasteiger partial charge in [0.15, 0.2) is 0 Å². The number of carbonyl (C=O) groups is 2. The molecule has 1 aromatic carbocycles. The van der Waals surface area contributed by atoms with E-state index < -0.39 is 0 Å². The number of nitrogens with zero attached hydrogens (tertiary/aromatic N) is 2. The van der Waals surface area contributed by atoms with Gasteiger partial charge in [0.2, 0.25) is 5.91 Å². The molecule has 2 aromatic rings. The third-order valence-corrected chi connectivity index (χ3v) is 3.05. The Labute approximate surface area is 139 Å². The maximum Gasteiger partial charge on any atom is 0.271 e. The van der Waals surface area contributed by atoms with Crippen molar-refractivity contribution in [3.05, 3.63) is 60.2 Å². The number of aromatic nitrogens is 2. The van der Waals surface area contributed by atoms with E-state index in [0.717, 1.165) is 11.3 Å². The molecule has 1 heterocycles. The van der Waals surface area contributed by atoms with Gasteiger partial charge in [0, 0.05) is 31.6 Å². The van der Waals surface area contributed by atoms with E-state index in [0.29, 0.717) is 13.1 Å². The molecule has 0 aliphatic carbocycles. The largest absolute Gasteiger partial charge is 0.497 e. The molecule has 0 fully saturated rings. The highest BCUT2D eigenvalue weighted by molar-refractivity contribution is 5.92. The molecule has 2 N–H and O–H groups in total. The first-order valence-electron chi connectivity index (χ1n) is 7.33. The van der Waals surface area contributed by atoms with E-state index in [1.165, 1.54) is 24.7 Å². The van der Waals surface area contributed by atoms with Gasteiger partial charge in [-0.05, 0) is 23.8 Å². The van der Waals surface area contributed by atoms with Crippen LogP contribution in [0.5, 0.6) is 5.75 Å². The van der Waals surface area contributed by atoms with Crippen LogP contribution in [0.15, 0.2) is 48.9 Å². The normalized spacial score (nSPS) is 10.4. The van der Waals surface area contributed by atoms with E-state index in [2.05, 4.69) is 20.6 Å². The van der Waals surface area contributed by atoms with Gasteiger partial charge in [0.25, 0.3) is 5.91 Å². The molecule has 0 unspecified atom stereocenters. The van der Waals surface area contributed by atoms with E-state index in [-0.39, 0.29) is 17.5 Å². The van der Waals surface area contributed by atoms with Crippen LogP contribution in [0.25, 0.3) is 6.08 Å². The number of rotatable bonds is 7. The summed E-state index contributed by atoms with van der Waals surface area (Å²) in [7, 11) is 1.60. The Bertz CT molecular complexity index is 700. The van der Waals surface area contributed by atoms with E-state index >= 15 is 0 Å². The van der Waals surface area contributed by atoms with Crippen molar-refractivity contribution < 1.29 is 14.3 Å². The van der Waals surface area contributed by atoms with Crippen LogP contribution in [0.3, 0.4) is 0 Å². The Hall–Kier alpha value is -3.22. The van der Waals surface area contributed by atoms with Crippen molar-refractivity contribution in [1.29, 1.82) is 0 Å². The van der Waals surface area contributed by atoms with Gasteiger partial charge in [-0.25, -0.2) is 4.98 Å². The Morgan fingerprint density at radius 3 is 2.54 bits per heavy atom. The Kier molecular flexibility index (Phi) is 6.46. The van der Waals surface area contributed by atoms with Crippen LogP contribution >= 0.6 is 0 Å². The smallest absolute Gasteiger partial charge is 0.271 e. The number of amides is 2. The zero-order valence-corrected chi connectivity index (χ0v) is 13.2. The number of nitrogens with one attached hydrogen (secondary N) is 2. The van der Waals surface area contributed by atoms with Crippen molar-refractivity contribution in [2.75, 3.05) is 20.2 Å². The second kappa shape index (κ2) is 9.04. The first-order chi connectivity index (χ1) is 11.7. The fraction of sp³-hybridized carbons (Fsp3) is 0.176. The highest BCUT2D eigenvalue weighted by atomic mass is 16.5. The lowest BCUT2D eigenvalue weighted by atomic mass is 10.2. The van der Waals surface area contributed by atoms with Crippen molar-refractivity contribution in [1.82, 2.24) is 20.6 Å². The third kappa shape index (κ3) is 5.53. The second-order valence-corrected chi connectivity index (χ2v) is 4.74. The van der Waals surface area contributed by atoms with Crippen molar-refractivity contribution >= 4 is 17.9 Å². The number of hydrogen-bond donors (Lipinski definition) is 2. The summed E-state index contributed by atoms with van der Waals surface area (Å²) in [6, 6.07) is 7.34. The molecular formula is C17H18N4O3. The van der Waals surface area contributed by atoms with E-state index in [1.54, 1.807) is 13.2 Å². The average Bonchev–Trinajstić information content (AvgIpc) is 2.64. The quantitative estimate of drug-likeness (QED) is 0.586. The fourth-order valence-corrected chi connectivity index (χ4v) is 1.81. The van der Waals surface area contributed by atoms with Crippen LogP contribution in [-0.4, -0.2) is 42.0 Å². The topological polar surface area (TPSA) is 93.2 Å². The minimum absolute atomic E-state index is 0.237. The van der Waals surface area contributed by atoms with Gasteiger partial charge < -0.3 is 15.4 Å². The molecule has 0 bridgehead atoms. The standard InChI is InChI=1S/C17H18N4O3/c1-24-14-5-2-13(3-6-14)4-7-16(22)20-10-11-21-17(23)15-12-18-8-9-19-15/h2-9,12H,10-11H2,1H3,(H,20,22)(H,21,23). The molecule has 0 spiro atoms. The maximum atomic E-state index is 11.7. The first kappa shape index (κ1) is 17.1. The first-order valence-corrected chi connectivity index (χ1v) is 7.33. The Morgan fingerprint density at radius 1 is 1.12 bits per heavy atom. The molecule has 0 atom stereocenters. The zero-order chi connectivity index (χ0) is 17.2. The molecule has 0 radical (unpaired) electrons. The van der Waals surface area contributed by atoms with Gasteiger partial charge in [-0.3, -0.25) is 14.6 Å². The monoisotopic (exact) mass is 326 g/mol. The minimum Gasteiger partial charge on any atom is -0.497 e. The lowest BCUT2D eigenvalue weighted by Crippen LogP contribution is -2.34. The molecule has 1 aromatic heterocycles. The van der Waals surface area contributed by atoms with Crippen LogP contribution < -0.4 is 15.4 Å². The summed E-state index contributed by atoms with van der Waals surface area (Å²) in [6.07, 6.45) is 7.46.